The molecular formula is C10H14N2O3. The Morgan fingerprint density at radius 1 is 1.27 bits per heavy atom. The monoisotopic (exact) mass is 210 g/mol. The van der Waals surface area contributed by atoms with E-state index in [9.17, 15) is 9.59 Å². The molecular weight excluding hydrogens is 196 g/mol. The molecule has 1 aromatic carbocycles. The number of benzene rings is 1. The van der Waals surface area contributed by atoms with Crippen molar-refractivity contribution in [2.24, 2.45) is 0 Å². The Balaban J connectivity index is 0.00000196. The maximum Gasteiger partial charge on any atom is 0.323 e. The largest absolute Gasteiger partial charge is 0.480 e. The van der Waals surface area contributed by atoms with Crippen LogP contribution in [-0.4, -0.2) is 23.5 Å². The molecule has 5 nitrogen and oxygen atoms in total. The summed E-state index contributed by atoms with van der Waals surface area (Å²) in [5, 5.41) is 8.60. The van der Waals surface area contributed by atoms with Gasteiger partial charge in [0.2, 0.25) is 5.91 Å². The number of anilines is 1. The van der Waals surface area contributed by atoms with Crippen LogP contribution in [0.3, 0.4) is 0 Å². The molecule has 0 saturated carbocycles. The van der Waals surface area contributed by atoms with E-state index in [4.69, 9.17) is 5.11 Å². The number of carboxylic acid groups (broad SMARTS) is 1. The third-order valence-electron chi connectivity index (χ3n) is 1.74. The van der Waals surface area contributed by atoms with Crippen LogP contribution in [0.15, 0.2) is 30.3 Å². The van der Waals surface area contributed by atoms with Gasteiger partial charge in [-0.25, -0.2) is 0 Å². The Morgan fingerprint density at radius 3 is 2.20 bits per heavy atom. The predicted octanol–water partition coefficient (Wildman–Crippen LogP) is 1.29. The first-order valence-electron chi connectivity index (χ1n) is 4.16. The molecule has 1 amide bonds. The lowest BCUT2D eigenvalue weighted by atomic mass is 10.3. The van der Waals surface area contributed by atoms with Crippen LogP contribution < -0.4 is 11.1 Å². The molecule has 0 aliphatic carbocycles. The van der Waals surface area contributed by atoms with E-state index in [0.717, 1.165) is 0 Å². The molecule has 0 bridgehead atoms. The Labute approximate surface area is 87.9 Å². The van der Waals surface area contributed by atoms with Crippen LogP contribution in [0.25, 0.3) is 0 Å². The fourth-order valence-corrected chi connectivity index (χ4v) is 1.13. The van der Waals surface area contributed by atoms with Crippen molar-refractivity contribution in [2.75, 3.05) is 11.4 Å². The smallest absolute Gasteiger partial charge is 0.323 e. The summed E-state index contributed by atoms with van der Waals surface area (Å²) >= 11 is 0. The number of carbonyl (C=O) groups is 2. The summed E-state index contributed by atoms with van der Waals surface area (Å²) in [6.45, 7) is 1.04. The normalized spacial score (nSPS) is 8.87. The standard InChI is InChI=1S/C10H11NO3.H3N/c1-8(12)11(7-10(13)14)9-5-3-2-4-6-9;/h2-6H,7H2,1H3,(H,13,14);1H3. The lowest BCUT2D eigenvalue weighted by Crippen LogP contribution is -2.33. The van der Waals surface area contributed by atoms with E-state index in [-0.39, 0.29) is 18.6 Å². The Hall–Kier alpha value is -1.88. The Kier molecular flexibility index (Phi) is 5.04. The van der Waals surface area contributed by atoms with Gasteiger partial charge in [0.05, 0.1) is 0 Å². The molecule has 0 aromatic heterocycles. The van der Waals surface area contributed by atoms with Gasteiger partial charge in [0.15, 0.2) is 0 Å². The highest BCUT2D eigenvalue weighted by Gasteiger charge is 2.13. The summed E-state index contributed by atoms with van der Waals surface area (Å²) in [6.07, 6.45) is 0. The quantitative estimate of drug-likeness (QED) is 0.786. The first-order valence-corrected chi connectivity index (χ1v) is 4.16. The van der Waals surface area contributed by atoms with E-state index in [1.54, 1.807) is 24.3 Å². The molecule has 4 N–H and O–H groups in total. The van der Waals surface area contributed by atoms with Crippen molar-refractivity contribution in [2.45, 2.75) is 6.92 Å². The molecule has 0 aliphatic rings. The number of nitrogens with zero attached hydrogens (tertiary/aromatic N) is 1. The fourth-order valence-electron chi connectivity index (χ4n) is 1.13. The van der Waals surface area contributed by atoms with Crippen molar-refractivity contribution in [3.05, 3.63) is 30.3 Å². The van der Waals surface area contributed by atoms with Crippen LogP contribution in [0.4, 0.5) is 5.69 Å². The SMILES string of the molecule is CC(=O)N(CC(=O)O)c1ccccc1.N. The van der Waals surface area contributed by atoms with Gasteiger partial charge in [-0.15, -0.1) is 0 Å². The topological polar surface area (TPSA) is 92.6 Å². The van der Waals surface area contributed by atoms with Crippen molar-refractivity contribution in [1.29, 1.82) is 0 Å². The number of hydrogen-bond donors (Lipinski definition) is 2. The Morgan fingerprint density at radius 2 is 1.80 bits per heavy atom. The summed E-state index contributed by atoms with van der Waals surface area (Å²) < 4.78 is 0. The molecule has 1 aromatic rings. The summed E-state index contributed by atoms with van der Waals surface area (Å²) in [5.41, 5.74) is 0.599. The van der Waals surface area contributed by atoms with Gasteiger partial charge in [0, 0.05) is 12.6 Å². The second-order valence-electron chi connectivity index (χ2n) is 2.83. The molecule has 0 spiro atoms. The highest BCUT2D eigenvalue weighted by atomic mass is 16.4. The van der Waals surface area contributed by atoms with Gasteiger partial charge in [0.25, 0.3) is 0 Å². The predicted molar refractivity (Wildman–Crippen MR) is 57.1 cm³/mol. The molecule has 5 heteroatoms. The van der Waals surface area contributed by atoms with E-state index >= 15 is 0 Å². The average molecular weight is 210 g/mol. The maximum atomic E-state index is 11.1. The van der Waals surface area contributed by atoms with Crippen molar-refractivity contribution >= 4 is 17.6 Å². The minimum Gasteiger partial charge on any atom is -0.480 e. The van der Waals surface area contributed by atoms with Crippen molar-refractivity contribution in [3.63, 3.8) is 0 Å². The molecule has 1 rings (SSSR count). The van der Waals surface area contributed by atoms with E-state index in [2.05, 4.69) is 0 Å². The first-order chi connectivity index (χ1) is 6.61. The van der Waals surface area contributed by atoms with E-state index < -0.39 is 5.97 Å². The molecule has 0 unspecified atom stereocenters. The number of hydrogen-bond acceptors (Lipinski definition) is 3. The van der Waals surface area contributed by atoms with Gasteiger partial charge < -0.3 is 16.2 Å². The molecule has 0 radical (unpaired) electrons. The highest BCUT2D eigenvalue weighted by molar-refractivity contribution is 5.95. The summed E-state index contributed by atoms with van der Waals surface area (Å²) in [5.74, 6) is -1.30. The van der Waals surface area contributed by atoms with Crippen LogP contribution in [-0.2, 0) is 9.59 Å². The van der Waals surface area contributed by atoms with Gasteiger partial charge >= 0.3 is 5.97 Å². The zero-order chi connectivity index (χ0) is 10.6. The second kappa shape index (κ2) is 5.77. The Bertz CT molecular complexity index is 338. The highest BCUT2D eigenvalue weighted by Crippen LogP contribution is 2.12. The van der Waals surface area contributed by atoms with Gasteiger partial charge in [0.1, 0.15) is 6.54 Å². The minimum absolute atomic E-state index is 0. The van der Waals surface area contributed by atoms with Crippen LogP contribution in [0.5, 0.6) is 0 Å². The first kappa shape index (κ1) is 13.1. The number of rotatable bonds is 3. The summed E-state index contributed by atoms with van der Waals surface area (Å²) in [7, 11) is 0. The molecule has 0 atom stereocenters. The molecule has 0 fully saturated rings. The number of amides is 1. The molecule has 0 saturated heterocycles. The summed E-state index contributed by atoms with van der Waals surface area (Å²) in [4.78, 5) is 22.8. The lowest BCUT2D eigenvalue weighted by molar-refractivity contribution is -0.136. The number of carboxylic acids is 1. The zero-order valence-corrected chi connectivity index (χ0v) is 8.51. The van der Waals surface area contributed by atoms with Crippen LogP contribution in [0.2, 0.25) is 0 Å². The average Bonchev–Trinajstić information content (AvgIpc) is 2.15. The van der Waals surface area contributed by atoms with E-state index in [1.807, 2.05) is 6.07 Å². The van der Waals surface area contributed by atoms with E-state index in [1.165, 1.54) is 11.8 Å². The van der Waals surface area contributed by atoms with E-state index in [0.29, 0.717) is 5.69 Å². The van der Waals surface area contributed by atoms with Crippen molar-refractivity contribution in [3.8, 4) is 0 Å². The van der Waals surface area contributed by atoms with Gasteiger partial charge in [-0.3, -0.25) is 9.59 Å². The molecule has 0 heterocycles. The second-order valence-corrected chi connectivity index (χ2v) is 2.83. The van der Waals surface area contributed by atoms with Crippen molar-refractivity contribution < 1.29 is 14.7 Å². The molecule has 82 valence electrons. The molecule has 15 heavy (non-hydrogen) atoms. The fraction of sp³-hybridized carbons (Fsp3) is 0.200. The van der Waals surface area contributed by atoms with Gasteiger partial charge in [-0.2, -0.15) is 0 Å². The number of aliphatic carboxylic acids is 1. The van der Waals surface area contributed by atoms with Gasteiger partial charge in [-0.05, 0) is 12.1 Å². The number of para-hydroxylation sites is 1. The zero-order valence-electron chi connectivity index (χ0n) is 8.51. The minimum atomic E-state index is -1.02. The third-order valence-corrected chi connectivity index (χ3v) is 1.74. The number of carbonyl (C=O) groups excluding carboxylic acids is 1. The maximum absolute atomic E-state index is 11.1. The third kappa shape index (κ3) is 3.78. The molecule has 0 aliphatic heterocycles. The lowest BCUT2D eigenvalue weighted by Gasteiger charge is -2.18. The van der Waals surface area contributed by atoms with Crippen LogP contribution in [0, 0.1) is 0 Å². The van der Waals surface area contributed by atoms with Crippen LogP contribution in [0.1, 0.15) is 6.92 Å². The van der Waals surface area contributed by atoms with Crippen LogP contribution >= 0.6 is 0 Å². The summed E-state index contributed by atoms with van der Waals surface area (Å²) in [6, 6.07) is 8.72. The van der Waals surface area contributed by atoms with Crippen molar-refractivity contribution in [1.82, 2.24) is 6.15 Å². The van der Waals surface area contributed by atoms with Gasteiger partial charge in [-0.1, -0.05) is 18.2 Å².